The average molecular weight is 218 g/mol. The lowest BCUT2D eigenvalue weighted by Gasteiger charge is -2.02. The number of benzene rings is 1. The second-order valence-corrected chi connectivity index (χ2v) is 3.94. The van der Waals surface area contributed by atoms with E-state index >= 15 is 0 Å². The summed E-state index contributed by atoms with van der Waals surface area (Å²) in [5, 5.41) is 10.3. The number of hydrogen-bond acceptors (Lipinski definition) is 3. The van der Waals surface area contributed by atoms with Crippen molar-refractivity contribution in [2.75, 3.05) is 0 Å². The van der Waals surface area contributed by atoms with Gasteiger partial charge in [-0.3, -0.25) is 4.79 Å². The van der Waals surface area contributed by atoms with Gasteiger partial charge in [-0.25, -0.2) is 0 Å². The van der Waals surface area contributed by atoms with Crippen molar-refractivity contribution in [2.45, 2.75) is 26.4 Å². The highest BCUT2D eigenvalue weighted by Crippen LogP contribution is 2.21. The maximum Gasteiger partial charge on any atom is 0.226 e. The van der Waals surface area contributed by atoms with Crippen LogP contribution in [0.25, 0.3) is 11.0 Å². The van der Waals surface area contributed by atoms with Crippen molar-refractivity contribution in [3.8, 4) is 0 Å². The van der Waals surface area contributed by atoms with E-state index in [2.05, 4.69) is 0 Å². The van der Waals surface area contributed by atoms with Crippen LogP contribution in [0.2, 0.25) is 0 Å². The van der Waals surface area contributed by atoms with Gasteiger partial charge in [-0.05, 0) is 31.5 Å². The van der Waals surface area contributed by atoms with E-state index in [-0.39, 0.29) is 11.5 Å². The smallest absolute Gasteiger partial charge is 0.226 e. The van der Waals surface area contributed by atoms with Gasteiger partial charge >= 0.3 is 0 Å². The van der Waals surface area contributed by atoms with E-state index in [0.29, 0.717) is 12.0 Å². The monoisotopic (exact) mass is 218 g/mol. The Kier molecular flexibility index (Phi) is 2.79. The molecular formula is C13H14O3. The number of Topliss-reactive ketones (excluding diaryl/α,β-unsaturated/α-hetero) is 1. The predicted molar refractivity (Wildman–Crippen MR) is 61.6 cm³/mol. The Morgan fingerprint density at radius 1 is 1.44 bits per heavy atom. The maximum atomic E-state index is 11.7. The number of aliphatic hydroxyl groups excluding tert-OH is 1. The van der Waals surface area contributed by atoms with Crippen LogP contribution >= 0.6 is 0 Å². The first-order chi connectivity index (χ1) is 7.61. The second kappa shape index (κ2) is 4.10. The van der Waals surface area contributed by atoms with Gasteiger partial charge in [0.2, 0.25) is 5.78 Å². The number of furan rings is 1. The fourth-order valence-electron chi connectivity index (χ4n) is 1.63. The molecule has 0 saturated carbocycles. The molecule has 0 radical (unpaired) electrons. The molecule has 2 rings (SSSR count). The third kappa shape index (κ3) is 1.86. The molecule has 0 aliphatic carbocycles. The van der Waals surface area contributed by atoms with Crippen LogP contribution in [0.5, 0.6) is 0 Å². The summed E-state index contributed by atoms with van der Waals surface area (Å²) in [4.78, 5) is 11.7. The Hall–Kier alpha value is -1.61. The third-order valence-corrected chi connectivity index (χ3v) is 2.60. The van der Waals surface area contributed by atoms with Crippen LogP contribution in [0.1, 0.15) is 29.5 Å². The van der Waals surface area contributed by atoms with Crippen molar-refractivity contribution in [2.24, 2.45) is 0 Å². The second-order valence-electron chi connectivity index (χ2n) is 3.94. The lowest BCUT2D eigenvalue weighted by molar-refractivity contribution is 0.0713. The number of carbonyl (C=O) groups is 1. The summed E-state index contributed by atoms with van der Waals surface area (Å²) in [6.45, 7) is 3.74. The van der Waals surface area contributed by atoms with Gasteiger partial charge in [-0.2, -0.15) is 0 Å². The Bertz CT molecular complexity index is 525. The molecule has 0 bridgehead atoms. The van der Waals surface area contributed by atoms with E-state index in [4.69, 9.17) is 4.42 Å². The van der Waals surface area contributed by atoms with E-state index in [1.165, 1.54) is 0 Å². The van der Waals surface area contributed by atoms with Gasteiger partial charge in [0.25, 0.3) is 0 Å². The molecule has 0 saturated heterocycles. The molecule has 0 spiro atoms. The van der Waals surface area contributed by atoms with Crippen molar-refractivity contribution in [1.29, 1.82) is 0 Å². The minimum Gasteiger partial charge on any atom is -0.453 e. The summed E-state index contributed by atoms with van der Waals surface area (Å²) in [7, 11) is 0. The zero-order valence-electron chi connectivity index (χ0n) is 9.36. The lowest BCUT2D eigenvalue weighted by atomic mass is 10.1. The molecule has 1 heterocycles. The Morgan fingerprint density at radius 2 is 2.19 bits per heavy atom. The number of aliphatic hydroxyl groups is 1. The lowest BCUT2D eigenvalue weighted by Crippen LogP contribution is -2.18. The zero-order chi connectivity index (χ0) is 11.7. The van der Waals surface area contributed by atoms with Crippen molar-refractivity contribution in [3.05, 3.63) is 35.6 Å². The molecule has 0 aliphatic heterocycles. The van der Waals surface area contributed by atoms with Crippen molar-refractivity contribution >= 4 is 16.8 Å². The fraction of sp³-hybridized carbons (Fsp3) is 0.308. The molecule has 1 atom stereocenters. The molecule has 1 aromatic carbocycles. The zero-order valence-corrected chi connectivity index (χ0v) is 9.36. The number of ketones is 1. The minimum absolute atomic E-state index is 0.231. The molecule has 84 valence electrons. The SMILES string of the molecule is CCC(O)C(=O)c1cc2cc(C)ccc2o1. The molecule has 1 N–H and O–H groups in total. The number of fused-ring (bicyclic) bond motifs is 1. The molecule has 1 aromatic heterocycles. The number of aryl methyl sites for hydroxylation is 1. The van der Waals surface area contributed by atoms with E-state index in [1.54, 1.807) is 13.0 Å². The van der Waals surface area contributed by atoms with Crippen LogP contribution in [0, 0.1) is 6.92 Å². The molecule has 0 fully saturated rings. The Labute approximate surface area is 93.7 Å². The topological polar surface area (TPSA) is 50.4 Å². The first kappa shape index (κ1) is 10.9. The third-order valence-electron chi connectivity index (χ3n) is 2.60. The van der Waals surface area contributed by atoms with E-state index < -0.39 is 6.10 Å². The molecule has 16 heavy (non-hydrogen) atoms. The fourth-order valence-corrected chi connectivity index (χ4v) is 1.63. The van der Waals surface area contributed by atoms with Gasteiger partial charge in [0, 0.05) is 5.39 Å². The van der Waals surface area contributed by atoms with Crippen LogP contribution < -0.4 is 0 Å². The first-order valence-electron chi connectivity index (χ1n) is 5.34. The van der Waals surface area contributed by atoms with Gasteiger partial charge in [-0.15, -0.1) is 0 Å². The summed E-state index contributed by atoms with van der Waals surface area (Å²) >= 11 is 0. The normalized spacial score (nSPS) is 12.9. The highest BCUT2D eigenvalue weighted by atomic mass is 16.4. The molecule has 0 amide bonds. The van der Waals surface area contributed by atoms with E-state index in [9.17, 15) is 9.90 Å². The summed E-state index contributed by atoms with van der Waals surface area (Å²) in [6.07, 6.45) is -0.573. The van der Waals surface area contributed by atoms with Gasteiger partial charge < -0.3 is 9.52 Å². The molecule has 1 unspecified atom stereocenters. The molecular weight excluding hydrogens is 204 g/mol. The molecule has 0 aliphatic rings. The molecule has 2 aromatic rings. The standard InChI is InChI=1S/C13H14O3/c1-3-10(14)13(15)12-7-9-6-8(2)4-5-11(9)16-12/h4-7,10,14H,3H2,1-2H3. The average Bonchev–Trinajstić information content (AvgIpc) is 2.69. The largest absolute Gasteiger partial charge is 0.453 e. The summed E-state index contributed by atoms with van der Waals surface area (Å²) in [5.41, 5.74) is 1.79. The van der Waals surface area contributed by atoms with Crippen molar-refractivity contribution in [1.82, 2.24) is 0 Å². The van der Waals surface area contributed by atoms with Gasteiger partial charge in [0.05, 0.1) is 0 Å². The maximum absolute atomic E-state index is 11.7. The molecule has 3 heteroatoms. The van der Waals surface area contributed by atoms with Crippen LogP contribution in [0.3, 0.4) is 0 Å². The van der Waals surface area contributed by atoms with Crippen LogP contribution in [0.4, 0.5) is 0 Å². The summed E-state index contributed by atoms with van der Waals surface area (Å²) in [5.74, 6) is -0.119. The summed E-state index contributed by atoms with van der Waals surface area (Å²) in [6, 6.07) is 7.40. The number of hydrogen-bond donors (Lipinski definition) is 1. The first-order valence-corrected chi connectivity index (χ1v) is 5.34. The number of rotatable bonds is 3. The van der Waals surface area contributed by atoms with Crippen LogP contribution in [0.15, 0.2) is 28.7 Å². The van der Waals surface area contributed by atoms with Gasteiger partial charge in [-0.1, -0.05) is 18.6 Å². The van der Waals surface area contributed by atoms with Crippen LogP contribution in [-0.2, 0) is 0 Å². The molecule has 3 nitrogen and oxygen atoms in total. The highest BCUT2D eigenvalue weighted by molar-refractivity contribution is 6.00. The van der Waals surface area contributed by atoms with Crippen LogP contribution in [-0.4, -0.2) is 17.0 Å². The van der Waals surface area contributed by atoms with Crippen molar-refractivity contribution in [3.63, 3.8) is 0 Å². The Morgan fingerprint density at radius 3 is 2.88 bits per heavy atom. The van der Waals surface area contributed by atoms with E-state index in [1.807, 2.05) is 25.1 Å². The predicted octanol–water partition coefficient (Wildman–Crippen LogP) is 2.69. The highest BCUT2D eigenvalue weighted by Gasteiger charge is 2.19. The quantitative estimate of drug-likeness (QED) is 0.806. The van der Waals surface area contributed by atoms with Crippen molar-refractivity contribution < 1.29 is 14.3 Å². The number of carbonyl (C=O) groups excluding carboxylic acids is 1. The Balaban J connectivity index is 2.43. The van der Waals surface area contributed by atoms with Gasteiger partial charge in [0.15, 0.2) is 5.76 Å². The van der Waals surface area contributed by atoms with Gasteiger partial charge in [0.1, 0.15) is 11.7 Å². The van der Waals surface area contributed by atoms with E-state index in [0.717, 1.165) is 10.9 Å². The summed E-state index contributed by atoms with van der Waals surface area (Å²) < 4.78 is 5.40. The minimum atomic E-state index is -0.971.